The van der Waals surface area contributed by atoms with Crippen LogP contribution in [-0.2, 0) is 0 Å². The zero-order valence-corrected chi connectivity index (χ0v) is 16.9. The van der Waals surface area contributed by atoms with Gasteiger partial charge < -0.3 is 14.8 Å². The second-order valence-electron chi connectivity index (χ2n) is 7.47. The van der Waals surface area contributed by atoms with Gasteiger partial charge >= 0.3 is 0 Å². The molecule has 3 aromatic rings. The molecule has 4 rings (SSSR count). The Bertz CT molecular complexity index is 943. The van der Waals surface area contributed by atoms with Crippen molar-refractivity contribution in [1.29, 1.82) is 0 Å². The summed E-state index contributed by atoms with van der Waals surface area (Å²) in [4.78, 5) is 12.2. The number of aromatic nitrogens is 3. The summed E-state index contributed by atoms with van der Waals surface area (Å²) < 4.78 is 2.28. The van der Waals surface area contributed by atoms with E-state index in [1.807, 2.05) is 24.4 Å². The van der Waals surface area contributed by atoms with Crippen LogP contribution >= 0.6 is 11.6 Å². The molecule has 1 saturated heterocycles. The summed E-state index contributed by atoms with van der Waals surface area (Å²) in [6.45, 7) is 10.6. The summed E-state index contributed by atoms with van der Waals surface area (Å²) in [6.07, 6.45) is 1.91. The minimum Gasteiger partial charge on any atom is -0.367 e. The number of rotatable bonds is 4. The lowest BCUT2D eigenvalue weighted by Gasteiger charge is -2.29. The molecule has 1 fully saturated rings. The molecule has 0 bridgehead atoms. The topological polar surface area (TPSA) is 46.0 Å². The molecule has 0 radical (unpaired) electrons. The van der Waals surface area contributed by atoms with Gasteiger partial charge in [0.25, 0.3) is 0 Å². The number of hydrogen-bond acceptors (Lipinski definition) is 4. The fourth-order valence-electron chi connectivity index (χ4n) is 3.86. The van der Waals surface area contributed by atoms with E-state index < -0.39 is 0 Å². The van der Waals surface area contributed by atoms with Gasteiger partial charge in [-0.15, -0.1) is 0 Å². The number of halogens is 1. The quantitative estimate of drug-likeness (QED) is 0.732. The average Bonchev–Trinajstić information content (AvgIpc) is 3.08. The zero-order valence-electron chi connectivity index (χ0n) is 16.1. The molecule has 1 atom stereocenters. The Morgan fingerprint density at radius 1 is 1.11 bits per heavy atom. The van der Waals surface area contributed by atoms with E-state index in [9.17, 15) is 0 Å². The van der Waals surface area contributed by atoms with Crippen LogP contribution in [0.3, 0.4) is 0 Å². The molecular formula is C21H26ClN5. The number of fused-ring (bicyclic) bond motifs is 1. The van der Waals surface area contributed by atoms with E-state index in [2.05, 4.69) is 47.7 Å². The summed E-state index contributed by atoms with van der Waals surface area (Å²) in [7, 11) is 0. The van der Waals surface area contributed by atoms with E-state index in [1.165, 1.54) is 5.69 Å². The molecule has 1 aliphatic heterocycles. The Morgan fingerprint density at radius 3 is 2.59 bits per heavy atom. The highest BCUT2D eigenvalue weighted by molar-refractivity contribution is 6.30. The lowest BCUT2D eigenvalue weighted by molar-refractivity contribution is 0.589. The smallest absolute Gasteiger partial charge is 0.162 e. The van der Waals surface area contributed by atoms with Crippen LogP contribution in [0, 0.1) is 0 Å². The first-order valence-electron chi connectivity index (χ1n) is 9.64. The van der Waals surface area contributed by atoms with Crippen molar-refractivity contribution in [3.05, 3.63) is 52.9 Å². The lowest BCUT2D eigenvalue weighted by atomic mass is 10.1. The van der Waals surface area contributed by atoms with Crippen molar-refractivity contribution in [2.45, 2.75) is 32.7 Å². The van der Waals surface area contributed by atoms with Crippen molar-refractivity contribution in [1.82, 2.24) is 19.9 Å². The number of pyridine rings is 1. The molecule has 5 nitrogen and oxygen atoms in total. The van der Waals surface area contributed by atoms with Gasteiger partial charge in [0.15, 0.2) is 5.65 Å². The van der Waals surface area contributed by atoms with Gasteiger partial charge in [0.1, 0.15) is 11.3 Å². The molecule has 6 heteroatoms. The summed E-state index contributed by atoms with van der Waals surface area (Å²) >= 11 is 6.24. The minimum atomic E-state index is 0.108. The first-order valence-corrected chi connectivity index (χ1v) is 10.0. The Morgan fingerprint density at radius 2 is 1.89 bits per heavy atom. The number of benzene rings is 1. The van der Waals surface area contributed by atoms with E-state index in [1.54, 1.807) is 0 Å². The molecule has 0 aliphatic carbocycles. The molecule has 0 saturated carbocycles. The molecule has 0 spiro atoms. The number of hydrogen-bond donors (Lipinski definition) is 1. The molecule has 0 amide bonds. The Hall–Kier alpha value is -2.11. The molecule has 1 unspecified atom stereocenters. The summed E-state index contributed by atoms with van der Waals surface area (Å²) in [5, 5.41) is 4.17. The second-order valence-corrected chi connectivity index (χ2v) is 7.90. The maximum atomic E-state index is 6.24. The van der Waals surface area contributed by atoms with E-state index in [-0.39, 0.29) is 6.04 Å². The third-order valence-electron chi connectivity index (χ3n) is 5.28. The molecule has 1 aromatic carbocycles. The maximum Gasteiger partial charge on any atom is 0.162 e. The van der Waals surface area contributed by atoms with Gasteiger partial charge in [-0.25, -0.2) is 9.97 Å². The largest absolute Gasteiger partial charge is 0.367 e. The van der Waals surface area contributed by atoms with Crippen molar-refractivity contribution < 1.29 is 0 Å². The monoisotopic (exact) mass is 383 g/mol. The van der Waals surface area contributed by atoms with Gasteiger partial charge in [-0.3, -0.25) is 0 Å². The number of nitrogens with one attached hydrogen (secondary N) is 1. The van der Waals surface area contributed by atoms with Crippen LogP contribution in [0.5, 0.6) is 0 Å². The van der Waals surface area contributed by atoms with Gasteiger partial charge in [0.05, 0.1) is 11.7 Å². The van der Waals surface area contributed by atoms with Gasteiger partial charge in [0.2, 0.25) is 0 Å². The van der Waals surface area contributed by atoms with E-state index in [0.717, 1.165) is 53.8 Å². The number of anilines is 1. The van der Waals surface area contributed by atoms with E-state index in [0.29, 0.717) is 5.92 Å². The second kappa shape index (κ2) is 7.49. The van der Waals surface area contributed by atoms with Gasteiger partial charge in [-0.2, -0.15) is 0 Å². The van der Waals surface area contributed by atoms with Crippen molar-refractivity contribution in [3.63, 3.8) is 0 Å². The molecule has 1 N–H and O–H groups in total. The Balaban J connectivity index is 1.87. The van der Waals surface area contributed by atoms with Gasteiger partial charge in [0, 0.05) is 43.3 Å². The molecule has 142 valence electrons. The first-order chi connectivity index (χ1) is 13.1. The van der Waals surface area contributed by atoms with Crippen LogP contribution < -0.4 is 10.2 Å². The van der Waals surface area contributed by atoms with Crippen LogP contribution in [0.15, 0.2) is 36.5 Å². The van der Waals surface area contributed by atoms with Crippen LogP contribution in [0.4, 0.5) is 5.69 Å². The number of piperazine rings is 1. The molecule has 2 aromatic heterocycles. The molecule has 1 aliphatic rings. The SMILES string of the molecule is CC(C)c1nc2c(N3CCNCC3)ccnc2n1C(C)c1cccc(Cl)c1. The highest BCUT2D eigenvalue weighted by Gasteiger charge is 2.24. The fraction of sp³-hybridized carbons (Fsp3) is 0.429. The molecule has 3 heterocycles. The number of imidazole rings is 1. The standard InChI is InChI=1S/C21H26ClN5/c1-14(2)20-25-19-18(26-11-9-23-10-12-26)7-8-24-21(19)27(20)15(3)16-5-4-6-17(22)13-16/h4-8,13-15,23H,9-12H2,1-3H3. The lowest BCUT2D eigenvalue weighted by Crippen LogP contribution is -2.43. The third-order valence-corrected chi connectivity index (χ3v) is 5.51. The fourth-order valence-corrected chi connectivity index (χ4v) is 4.06. The Kier molecular flexibility index (Phi) is 5.06. The van der Waals surface area contributed by atoms with Crippen LogP contribution in [0.25, 0.3) is 11.2 Å². The van der Waals surface area contributed by atoms with Crippen molar-refractivity contribution in [2.24, 2.45) is 0 Å². The first kappa shape index (κ1) is 18.3. The summed E-state index contributed by atoms with van der Waals surface area (Å²) in [5.41, 5.74) is 4.29. The summed E-state index contributed by atoms with van der Waals surface area (Å²) in [6, 6.07) is 10.3. The highest BCUT2D eigenvalue weighted by atomic mass is 35.5. The minimum absolute atomic E-state index is 0.108. The van der Waals surface area contributed by atoms with Crippen molar-refractivity contribution in [3.8, 4) is 0 Å². The average molecular weight is 384 g/mol. The highest BCUT2D eigenvalue weighted by Crippen LogP contribution is 2.33. The summed E-state index contributed by atoms with van der Waals surface area (Å²) in [5.74, 6) is 1.37. The van der Waals surface area contributed by atoms with Crippen molar-refractivity contribution in [2.75, 3.05) is 31.1 Å². The third kappa shape index (κ3) is 3.42. The van der Waals surface area contributed by atoms with Crippen LogP contribution in [0.2, 0.25) is 5.02 Å². The normalized spacial score (nSPS) is 16.3. The predicted octanol–water partition coefficient (Wildman–Crippen LogP) is 4.23. The van der Waals surface area contributed by atoms with Gasteiger partial charge in [-0.05, 0) is 30.7 Å². The van der Waals surface area contributed by atoms with E-state index in [4.69, 9.17) is 21.6 Å². The van der Waals surface area contributed by atoms with Crippen molar-refractivity contribution >= 4 is 28.5 Å². The molecular weight excluding hydrogens is 358 g/mol. The molecule has 27 heavy (non-hydrogen) atoms. The van der Waals surface area contributed by atoms with Crippen LogP contribution in [0.1, 0.15) is 44.1 Å². The predicted molar refractivity (Wildman–Crippen MR) is 112 cm³/mol. The number of nitrogens with zero attached hydrogens (tertiary/aromatic N) is 4. The van der Waals surface area contributed by atoms with Crippen LogP contribution in [-0.4, -0.2) is 40.7 Å². The maximum absolute atomic E-state index is 6.24. The van der Waals surface area contributed by atoms with Gasteiger partial charge in [-0.1, -0.05) is 37.6 Å². The zero-order chi connectivity index (χ0) is 19.0. The Labute approximate surface area is 165 Å². The van der Waals surface area contributed by atoms with E-state index >= 15 is 0 Å².